The van der Waals surface area contributed by atoms with Crippen LogP contribution in [-0.2, 0) is 19.4 Å². The number of rotatable bonds is 5. The summed E-state index contributed by atoms with van der Waals surface area (Å²) >= 11 is 1.47. The molecule has 0 radical (unpaired) electrons. The molecule has 1 aromatic heterocycles. The molecule has 0 bridgehead atoms. The molecular weight excluding hydrogens is 348 g/mol. The predicted octanol–water partition coefficient (Wildman–Crippen LogP) is 1.06. The number of nitrogens with one attached hydrogen (secondary N) is 1. The Kier molecular flexibility index (Phi) is 4.99. The van der Waals surface area contributed by atoms with Crippen LogP contribution in [0.4, 0.5) is 0 Å². The molecule has 14 heavy (non-hydrogen) atoms. The first-order valence-electron chi connectivity index (χ1n) is 4.49. The molecule has 0 spiro atoms. The van der Waals surface area contributed by atoms with Crippen LogP contribution in [0.5, 0.6) is 5.88 Å². The zero-order valence-electron chi connectivity index (χ0n) is 8.41. The van der Waals surface area contributed by atoms with Crippen molar-refractivity contribution in [1.82, 2.24) is 10.3 Å². The summed E-state index contributed by atoms with van der Waals surface area (Å²) in [6, 6.07) is 3.91. The third kappa shape index (κ3) is 4.12. The van der Waals surface area contributed by atoms with Gasteiger partial charge in [-0.1, -0.05) is 0 Å². The van der Waals surface area contributed by atoms with Crippen molar-refractivity contribution in [3.8, 4) is 5.88 Å². The van der Waals surface area contributed by atoms with Crippen LogP contribution in [0, 0.1) is 6.92 Å². The second kappa shape index (κ2) is 6.05. The van der Waals surface area contributed by atoms with E-state index in [1.807, 2.05) is 19.1 Å². The summed E-state index contributed by atoms with van der Waals surface area (Å²) < 4.78 is 6.79. The predicted molar refractivity (Wildman–Crippen MR) is 53.2 cm³/mol. The molecule has 0 saturated carbocycles. The molecule has 0 aliphatic rings. The third-order valence-corrected chi connectivity index (χ3v) is 2.19. The van der Waals surface area contributed by atoms with Gasteiger partial charge in [-0.25, -0.2) is 0 Å². The van der Waals surface area contributed by atoms with Gasteiger partial charge in [0.15, 0.2) is 0 Å². The average Bonchev–Trinajstić information content (AvgIpc) is 2.15. The summed E-state index contributed by atoms with van der Waals surface area (Å²) in [4.78, 5) is 4.14. The topological polar surface area (TPSA) is 34.1 Å². The summed E-state index contributed by atoms with van der Waals surface area (Å²) in [7, 11) is 0. The van der Waals surface area contributed by atoms with E-state index in [1.165, 1.54) is 23.4 Å². The van der Waals surface area contributed by atoms with Gasteiger partial charge in [0.1, 0.15) is 0 Å². The van der Waals surface area contributed by atoms with Crippen molar-refractivity contribution in [1.29, 1.82) is 0 Å². The van der Waals surface area contributed by atoms with Crippen molar-refractivity contribution in [3.63, 3.8) is 0 Å². The van der Waals surface area contributed by atoms with Crippen LogP contribution in [0.1, 0.15) is 12.5 Å². The van der Waals surface area contributed by atoms with E-state index in [0.29, 0.717) is 6.61 Å². The van der Waals surface area contributed by atoms with E-state index < -0.39 is 0 Å². The molecule has 0 fully saturated rings. The maximum atomic E-state index is 5.51. The number of hydrogen-bond acceptors (Lipinski definition) is 3. The minimum absolute atomic E-state index is 0.655. The van der Waals surface area contributed by atoms with Gasteiger partial charge in [-0.05, 0) is 0 Å². The molecule has 3 nitrogen and oxygen atoms in total. The zero-order valence-corrected chi connectivity index (χ0v) is 11.3. The van der Waals surface area contributed by atoms with Crippen LogP contribution in [0.3, 0.4) is 0 Å². The summed E-state index contributed by atoms with van der Waals surface area (Å²) in [5, 5.41) is 3.24. The van der Waals surface area contributed by atoms with Crippen LogP contribution in [0.2, 0.25) is 0 Å². The van der Waals surface area contributed by atoms with Crippen LogP contribution >= 0.6 is 0 Å². The average molecular weight is 362 g/mol. The molecule has 1 rings (SSSR count). The maximum absolute atomic E-state index is 5.51. The van der Waals surface area contributed by atoms with E-state index >= 15 is 0 Å². The molecule has 4 heteroatoms. The van der Waals surface area contributed by atoms with Gasteiger partial charge in [-0.3, -0.25) is 0 Å². The number of hydrogen-bond donors (Lipinski definition) is 1. The van der Waals surface area contributed by atoms with Gasteiger partial charge in [-0.15, -0.1) is 0 Å². The molecule has 0 aromatic carbocycles. The number of aromatic nitrogens is 1. The van der Waals surface area contributed by atoms with Crippen molar-refractivity contribution < 1.29 is 24.1 Å². The Hall–Kier alpha value is -0.532. The van der Waals surface area contributed by atoms with Crippen molar-refractivity contribution in [2.75, 3.05) is 13.2 Å². The van der Waals surface area contributed by atoms with Crippen LogP contribution < -0.4 is 10.1 Å². The minimum atomic E-state index is 0.655. The Morgan fingerprint density at radius 3 is 3.07 bits per heavy atom. The van der Waals surface area contributed by atoms with Crippen molar-refractivity contribution in [2.24, 2.45) is 0 Å². The molecule has 1 aromatic rings. The van der Waals surface area contributed by atoms with Gasteiger partial charge in [-0.2, -0.15) is 0 Å². The van der Waals surface area contributed by atoms with E-state index in [2.05, 4.69) is 17.2 Å². The van der Waals surface area contributed by atoms with Crippen molar-refractivity contribution >= 4 is 4.02 Å². The molecule has 0 aliphatic carbocycles. The second-order valence-corrected chi connectivity index (χ2v) is 5.16. The van der Waals surface area contributed by atoms with E-state index in [1.54, 1.807) is 6.20 Å². The molecular formula is C10H14N2OW. The van der Waals surface area contributed by atoms with Gasteiger partial charge in [0.25, 0.3) is 0 Å². The molecule has 0 atom stereocenters. The monoisotopic (exact) mass is 362 g/mol. The fraction of sp³-hybridized carbons (Fsp3) is 0.400. The normalized spacial score (nSPS) is 9.86. The number of ether oxygens (including phenoxy) is 1. The standard InChI is InChI=1S/C10H14N2O.W/c1-3-11-7-8-13-10-9(2)5-4-6-12-10;/h4-6,11H,7-8H2,1-2H3;. The molecule has 0 aliphatic heterocycles. The van der Waals surface area contributed by atoms with Gasteiger partial charge < -0.3 is 0 Å². The first kappa shape index (κ1) is 11.5. The second-order valence-electron chi connectivity index (χ2n) is 2.96. The SMILES string of the molecule is C[C](=[W])NCCOc1ncccc1C. The zero-order chi connectivity index (χ0) is 10.4. The van der Waals surface area contributed by atoms with Gasteiger partial charge >= 0.3 is 95.2 Å². The quantitative estimate of drug-likeness (QED) is 0.796. The Balaban J connectivity index is 2.31. The molecule has 1 N–H and O–H groups in total. The van der Waals surface area contributed by atoms with Crippen LogP contribution in [0.15, 0.2) is 18.3 Å². The molecule has 0 saturated heterocycles. The van der Waals surface area contributed by atoms with E-state index in [4.69, 9.17) is 4.74 Å². The molecule has 0 amide bonds. The number of pyridine rings is 1. The Morgan fingerprint density at radius 1 is 1.64 bits per heavy atom. The summed E-state index contributed by atoms with van der Waals surface area (Å²) in [5.74, 6) is 0.732. The number of aryl methyl sites for hydroxylation is 1. The van der Waals surface area contributed by atoms with E-state index in [0.717, 1.165) is 18.0 Å². The summed E-state index contributed by atoms with van der Waals surface area (Å²) in [6.07, 6.45) is 1.75. The Morgan fingerprint density at radius 2 is 2.43 bits per heavy atom. The number of nitrogens with zero attached hydrogens (tertiary/aromatic N) is 1. The van der Waals surface area contributed by atoms with Crippen LogP contribution in [0.25, 0.3) is 0 Å². The van der Waals surface area contributed by atoms with Gasteiger partial charge in [0, 0.05) is 0 Å². The van der Waals surface area contributed by atoms with Crippen LogP contribution in [-0.4, -0.2) is 22.2 Å². The Bertz CT molecular complexity index is 315. The first-order valence-corrected chi connectivity index (χ1v) is 5.95. The molecule has 76 valence electrons. The van der Waals surface area contributed by atoms with Gasteiger partial charge in [0.05, 0.1) is 0 Å². The molecule has 0 unspecified atom stereocenters. The van der Waals surface area contributed by atoms with Crippen molar-refractivity contribution in [3.05, 3.63) is 23.9 Å². The summed E-state index contributed by atoms with van der Waals surface area (Å²) in [5.41, 5.74) is 1.08. The first-order chi connectivity index (χ1) is 6.70. The van der Waals surface area contributed by atoms with E-state index in [-0.39, 0.29) is 0 Å². The Labute approximate surface area is 95.3 Å². The van der Waals surface area contributed by atoms with Crippen molar-refractivity contribution in [2.45, 2.75) is 13.8 Å². The fourth-order valence-corrected chi connectivity index (χ4v) is 1.36. The third-order valence-electron chi connectivity index (χ3n) is 1.68. The fourth-order valence-electron chi connectivity index (χ4n) is 0.997. The molecule has 1 heterocycles. The van der Waals surface area contributed by atoms with E-state index in [9.17, 15) is 0 Å². The summed E-state index contributed by atoms with van der Waals surface area (Å²) in [6.45, 7) is 5.56. The van der Waals surface area contributed by atoms with Gasteiger partial charge in [0.2, 0.25) is 0 Å².